The van der Waals surface area contributed by atoms with Crippen molar-refractivity contribution in [2.75, 3.05) is 46.6 Å². The van der Waals surface area contributed by atoms with Gasteiger partial charge in [-0.3, -0.25) is 0 Å². The molecule has 2 saturated heterocycles. The van der Waals surface area contributed by atoms with Gasteiger partial charge in [-0.25, -0.2) is 4.99 Å². The summed E-state index contributed by atoms with van der Waals surface area (Å²) >= 11 is 0. The molecule has 25 heavy (non-hydrogen) atoms. The molecule has 1 N–H and O–H groups in total. The largest absolute Gasteiger partial charge is 0.385 e. The van der Waals surface area contributed by atoms with Crippen LogP contribution in [0.4, 0.5) is 0 Å². The second kappa shape index (κ2) is 8.14. The van der Waals surface area contributed by atoms with Crippen molar-refractivity contribution in [1.82, 2.24) is 25.0 Å². The second-order valence-electron chi connectivity index (χ2n) is 7.11. The number of nitrogens with one attached hydrogen (secondary N) is 1. The van der Waals surface area contributed by atoms with Crippen LogP contribution in [0.25, 0.3) is 0 Å². The molecule has 140 valence electrons. The molecule has 0 aromatic carbocycles. The Morgan fingerprint density at radius 1 is 1.40 bits per heavy atom. The number of aliphatic imine (C=N–C) groups is 1. The van der Waals surface area contributed by atoms with Gasteiger partial charge in [-0.1, -0.05) is 0 Å². The maximum atomic E-state index is 5.65. The number of rotatable bonds is 6. The highest BCUT2D eigenvalue weighted by Crippen LogP contribution is 2.38. The standard InChI is InChI=1S/C17H30N6O2/c1-14-20-21-15(22(14)2)11-19-16(18-7-4-9-24-3)23-8-5-17(12-23)6-10-25-13-17/h4-13H2,1-3H3,(H,18,19). The first-order chi connectivity index (χ1) is 12.1. The molecule has 2 aliphatic heterocycles. The second-order valence-corrected chi connectivity index (χ2v) is 7.11. The van der Waals surface area contributed by atoms with Gasteiger partial charge in [-0.2, -0.15) is 0 Å². The van der Waals surface area contributed by atoms with Gasteiger partial charge in [0.05, 0.1) is 6.61 Å². The molecule has 0 saturated carbocycles. The van der Waals surface area contributed by atoms with Crippen LogP contribution >= 0.6 is 0 Å². The van der Waals surface area contributed by atoms with Crippen LogP contribution in [0.15, 0.2) is 4.99 Å². The molecular weight excluding hydrogens is 320 g/mol. The minimum Gasteiger partial charge on any atom is -0.385 e. The molecule has 2 aliphatic rings. The van der Waals surface area contributed by atoms with Crippen molar-refractivity contribution >= 4 is 5.96 Å². The maximum Gasteiger partial charge on any atom is 0.194 e. The fraction of sp³-hybridized carbons (Fsp3) is 0.824. The summed E-state index contributed by atoms with van der Waals surface area (Å²) in [6.45, 7) is 7.89. The lowest BCUT2D eigenvalue weighted by atomic mass is 9.87. The van der Waals surface area contributed by atoms with E-state index in [2.05, 4.69) is 20.4 Å². The number of nitrogens with zero attached hydrogens (tertiary/aromatic N) is 5. The molecule has 1 unspecified atom stereocenters. The zero-order valence-electron chi connectivity index (χ0n) is 15.6. The zero-order chi connectivity index (χ0) is 17.7. The number of ether oxygens (including phenoxy) is 2. The number of likely N-dealkylation sites (tertiary alicyclic amines) is 1. The number of guanidine groups is 1. The van der Waals surface area contributed by atoms with Gasteiger partial charge in [0.25, 0.3) is 0 Å². The fourth-order valence-corrected chi connectivity index (χ4v) is 3.51. The Morgan fingerprint density at radius 2 is 2.28 bits per heavy atom. The molecule has 8 nitrogen and oxygen atoms in total. The third-order valence-corrected chi connectivity index (χ3v) is 5.28. The zero-order valence-corrected chi connectivity index (χ0v) is 15.6. The van der Waals surface area contributed by atoms with E-state index < -0.39 is 0 Å². The lowest BCUT2D eigenvalue weighted by molar-refractivity contribution is 0.156. The van der Waals surface area contributed by atoms with Gasteiger partial charge in [-0.15, -0.1) is 10.2 Å². The number of hydrogen-bond acceptors (Lipinski definition) is 5. The van der Waals surface area contributed by atoms with Crippen LogP contribution in [0, 0.1) is 12.3 Å². The first-order valence-corrected chi connectivity index (χ1v) is 9.08. The van der Waals surface area contributed by atoms with Crippen LogP contribution in [0.5, 0.6) is 0 Å². The predicted molar refractivity (Wildman–Crippen MR) is 95.4 cm³/mol. The molecule has 0 amide bonds. The van der Waals surface area contributed by atoms with Crippen molar-refractivity contribution in [2.24, 2.45) is 17.5 Å². The van der Waals surface area contributed by atoms with E-state index in [0.717, 1.165) is 69.9 Å². The van der Waals surface area contributed by atoms with Crippen LogP contribution in [0.3, 0.4) is 0 Å². The normalized spacial score (nSPS) is 23.8. The van der Waals surface area contributed by atoms with E-state index in [0.29, 0.717) is 12.0 Å². The molecule has 0 radical (unpaired) electrons. The van der Waals surface area contributed by atoms with E-state index in [1.54, 1.807) is 7.11 Å². The minimum absolute atomic E-state index is 0.316. The molecule has 0 bridgehead atoms. The van der Waals surface area contributed by atoms with Gasteiger partial charge in [0.15, 0.2) is 11.8 Å². The Labute approximate surface area is 149 Å². The Morgan fingerprint density at radius 3 is 2.96 bits per heavy atom. The molecule has 1 aromatic heterocycles. The van der Waals surface area contributed by atoms with Gasteiger partial charge in [0.1, 0.15) is 12.4 Å². The monoisotopic (exact) mass is 350 g/mol. The minimum atomic E-state index is 0.316. The molecule has 0 aliphatic carbocycles. The maximum absolute atomic E-state index is 5.65. The quantitative estimate of drug-likeness (QED) is 0.463. The van der Waals surface area contributed by atoms with Crippen molar-refractivity contribution in [3.8, 4) is 0 Å². The van der Waals surface area contributed by atoms with Crippen LogP contribution < -0.4 is 5.32 Å². The van der Waals surface area contributed by atoms with Gasteiger partial charge < -0.3 is 24.3 Å². The van der Waals surface area contributed by atoms with E-state index in [1.807, 2.05) is 18.5 Å². The topological polar surface area (TPSA) is 76.8 Å². The first-order valence-electron chi connectivity index (χ1n) is 9.08. The Balaban J connectivity index is 1.66. The van der Waals surface area contributed by atoms with E-state index in [9.17, 15) is 0 Å². The van der Waals surface area contributed by atoms with E-state index in [-0.39, 0.29) is 0 Å². The van der Waals surface area contributed by atoms with Crippen LogP contribution in [-0.2, 0) is 23.1 Å². The lowest BCUT2D eigenvalue weighted by Gasteiger charge is -2.25. The van der Waals surface area contributed by atoms with E-state index in [4.69, 9.17) is 14.5 Å². The summed E-state index contributed by atoms with van der Waals surface area (Å²) in [6.07, 6.45) is 3.29. The summed E-state index contributed by atoms with van der Waals surface area (Å²) in [4.78, 5) is 7.19. The van der Waals surface area contributed by atoms with Gasteiger partial charge in [0, 0.05) is 52.4 Å². The molecule has 2 fully saturated rings. The summed E-state index contributed by atoms with van der Waals surface area (Å²) in [5.41, 5.74) is 0.316. The Hall–Kier alpha value is -1.67. The van der Waals surface area contributed by atoms with Crippen molar-refractivity contribution in [3.05, 3.63) is 11.6 Å². The van der Waals surface area contributed by atoms with Gasteiger partial charge in [0.2, 0.25) is 0 Å². The van der Waals surface area contributed by atoms with Crippen LogP contribution in [-0.4, -0.2) is 72.2 Å². The van der Waals surface area contributed by atoms with E-state index in [1.165, 1.54) is 6.42 Å². The molecule has 1 spiro atoms. The summed E-state index contributed by atoms with van der Waals surface area (Å²) in [6, 6.07) is 0. The highest BCUT2D eigenvalue weighted by Gasteiger charge is 2.42. The molecular formula is C17H30N6O2. The number of aromatic nitrogens is 3. The highest BCUT2D eigenvalue weighted by atomic mass is 16.5. The Bertz CT molecular complexity index is 594. The fourth-order valence-electron chi connectivity index (χ4n) is 3.51. The van der Waals surface area contributed by atoms with E-state index >= 15 is 0 Å². The summed E-state index contributed by atoms with van der Waals surface area (Å²) in [7, 11) is 3.71. The number of hydrogen-bond donors (Lipinski definition) is 1. The molecule has 1 aromatic rings. The van der Waals surface area contributed by atoms with Crippen LogP contribution in [0.1, 0.15) is 30.9 Å². The van der Waals surface area contributed by atoms with Crippen molar-refractivity contribution in [1.29, 1.82) is 0 Å². The third-order valence-electron chi connectivity index (χ3n) is 5.28. The van der Waals surface area contributed by atoms with Gasteiger partial charge >= 0.3 is 0 Å². The predicted octanol–water partition coefficient (Wildman–Crippen LogP) is 0.718. The molecule has 1 atom stereocenters. The number of aryl methyl sites for hydroxylation is 1. The summed E-state index contributed by atoms with van der Waals surface area (Å²) in [5.74, 6) is 2.75. The lowest BCUT2D eigenvalue weighted by Crippen LogP contribution is -2.42. The summed E-state index contributed by atoms with van der Waals surface area (Å²) in [5, 5.41) is 11.8. The molecule has 8 heteroatoms. The molecule has 3 heterocycles. The highest BCUT2D eigenvalue weighted by molar-refractivity contribution is 5.80. The van der Waals surface area contributed by atoms with Crippen molar-refractivity contribution in [2.45, 2.75) is 32.7 Å². The third kappa shape index (κ3) is 4.30. The smallest absolute Gasteiger partial charge is 0.194 e. The summed E-state index contributed by atoms with van der Waals surface area (Å²) < 4.78 is 12.8. The van der Waals surface area contributed by atoms with Gasteiger partial charge in [-0.05, 0) is 26.2 Å². The average Bonchev–Trinajstić information content (AvgIpc) is 3.32. The molecule has 3 rings (SSSR count). The Kier molecular flexibility index (Phi) is 5.90. The average molecular weight is 350 g/mol. The first kappa shape index (κ1) is 18.1. The SMILES string of the molecule is COCCCNC(=NCc1nnc(C)n1C)N1CCC2(CCOC2)C1. The van der Waals surface area contributed by atoms with Crippen molar-refractivity contribution in [3.63, 3.8) is 0 Å². The number of methoxy groups -OCH3 is 1. The van der Waals surface area contributed by atoms with Crippen molar-refractivity contribution < 1.29 is 9.47 Å². The van der Waals surface area contributed by atoms with Crippen LogP contribution in [0.2, 0.25) is 0 Å².